The average molecular weight is 367 g/mol. The Morgan fingerprint density at radius 3 is 2.37 bits per heavy atom. The van der Waals surface area contributed by atoms with Gasteiger partial charge in [0.2, 0.25) is 5.91 Å². The van der Waals surface area contributed by atoms with Crippen LogP contribution in [-0.2, 0) is 11.3 Å². The van der Waals surface area contributed by atoms with Gasteiger partial charge in [0.15, 0.2) is 0 Å². The van der Waals surface area contributed by atoms with Gasteiger partial charge in [0.25, 0.3) is 0 Å². The lowest BCUT2D eigenvalue weighted by Crippen LogP contribution is -2.42. The summed E-state index contributed by atoms with van der Waals surface area (Å²) in [5.41, 5.74) is 1.00. The molecule has 2 aliphatic heterocycles. The van der Waals surface area contributed by atoms with Gasteiger partial charge in [0.05, 0.1) is 0 Å². The molecule has 2 heterocycles. The summed E-state index contributed by atoms with van der Waals surface area (Å²) in [5, 5.41) is 12.7. The van der Waals surface area contributed by atoms with Gasteiger partial charge in [-0.2, -0.15) is 0 Å². The van der Waals surface area contributed by atoms with Gasteiger partial charge in [0.1, 0.15) is 5.75 Å². The molecule has 2 saturated heterocycles. The number of benzene rings is 2. The number of carbonyl (C=O) groups is 1. The van der Waals surface area contributed by atoms with Crippen LogP contribution in [0.4, 0.5) is 0 Å². The Balaban J connectivity index is 1.39. The number of piperidine rings is 1. The third-order valence-corrected chi connectivity index (χ3v) is 6.25. The number of aromatic hydroxyl groups is 1. The molecule has 0 atom stereocenters. The maximum absolute atomic E-state index is 12.9. The highest BCUT2D eigenvalue weighted by Crippen LogP contribution is 2.30. The molecule has 2 aromatic rings. The van der Waals surface area contributed by atoms with E-state index in [0.717, 1.165) is 74.7 Å². The molecule has 4 nitrogen and oxygen atoms in total. The largest absolute Gasteiger partial charge is 0.508 e. The van der Waals surface area contributed by atoms with Crippen LogP contribution < -0.4 is 0 Å². The SMILES string of the molecule is O=C(C1CCN(Cc2c(O)ccc3ccccc23)CC1)N1CCCCCC1. The molecule has 0 spiro atoms. The van der Waals surface area contributed by atoms with Crippen LogP contribution in [0.1, 0.15) is 44.1 Å². The molecule has 1 N–H and O–H groups in total. The molecule has 4 heteroatoms. The second kappa shape index (κ2) is 8.30. The Bertz CT molecular complexity index is 788. The van der Waals surface area contributed by atoms with Crippen molar-refractivity contribution in [2.24, 2.45) is 5.92 Å². The van der Waals surface area contributed by atoms with Crippen molar-refractivity contribution < 1.29 is 9.90 Å². The van der Waals surface area contributed by atoms with E-state index >= 15 is 0 Å². The van der Waals surface area contributed by atoms with E-state index in [2.05, 4.69) is 21.9 Å². The van der Waals surface area contributed by atoms with E-state index in [1.807, 2.05) is 18.2 Å². The molecule has 27 heavy (non-hydrogen) atoms. The number of likely N-dealkylation sites (tertiary alicyclic amines) is 2. The zero-order valence-corrected chi connectivity index (χ0v) is 16.1. The third kappa shape index (κ3) is 4.11. The summed E-state index contributed by atoms with van der Waals surface area (Å²) in [6.07, 6.45) is 6.70. The molecule has 2 aromatic carbocycles. The molecular formula is C23H30N2O2. The van der Waals surface area contributed by atoms with E-state index in [9.17, 15) is 9.90 Å². The Morgan fingerprint density at radius 2 is 1.63 bits per heavy atom. The highest BCUT2D eigenvalue weighted by Gasteiger charge is 2.29. The van der Waals surface area contributed by atoms with Gasteiger partial charge in [-0.05, 0) is 55.6 Å². The van der Waals surface area contributed by atoms with Crippen LogP contribution in [0.5, 0.6) is 5.75 Å². The zero-order chi connectivity index (χ0) is 18.6. The zero-order valence-electron chi connectivity index (χ0n) is 16.1. The fourth-order valence-electron chi connectivity index (χ4n) is 4.60. The molecule has 2 aliphatic rings. The molecule has 144 valence electrons. The molecule has 0 aliphatic carbocycles. The quantitative estimate of drug-likeness (QED) is 0.887. The average Bonchev–Trinajstić information content (AvgIpc) is 3.00. The van der Waals surface area contributed by atoms with Crippen molar-refractivity contribution in [3.8, 4) is 5.75 Å². The van der Waals surface area contributed by atoms with Crippen molar-refractivity contribution in [2.45, 2.75) is 45.1 Å². The lowest BCUT2D eigenvalue weighted by Gasteiger charge is -2.34. The minimum atomic E-state index is 0.181. The summed E-state index contributed by atoms with van der Waals surface area (Å²) in [6.45, 7) is 4.49. The van der Waals surface area contributed by atoms with E-state index in [1.165, 1.54) is 12.8 Å². The Kier molecular flexibility index (Phi) is 5.63. The molecule has 1 amide bonds. The van der Waals surface area contributed by atoms with Crippen LogP contribution >= 0.6 is 0 Å². The van der Waals surface area contributed by atoms with Crippen LogP contribution in [0.15, 0.2) is 36.4 Å². The first-order valence-electron chi connectivity index (χ1n) is 10.4. The third-order valence-electron chi connectivity index (χ3n) is 6.25. The van der Waals surface area contributed by atoms with Gasteiger partial charge in [-0.25, -0.2) is 0 Å². The van der Waals surface area contributed by atoms with E-state index < -0.39 is 0 Å². The maximum Gasteiger partial charge on any atom is 0.225 e. The van der Waals surface area contributed by atoms with Crippen LogP contribution in [0, 0.1) is 5.92 Å². The Morgan fingerprint density at radius 1 is 0.926 bits per heavy atom. The molecular weight excluding hydrogens is 336 g/mol. The van der Waals surface area contributed by atoms with Crippen molar-refractivity contribution in [1.29, 1.82) is 0 Å². The molecule has 0 unspecified atom stereocenters. The van der Waals surface area contributed by atoms with Gasteiger partial charge >= 0.3 is 0 Å². The highest BCUT2D eigenvalue weighted by atomic mass is 16.3. The number of amides is 1. The number of hydrogen-bond donors (Lipinski definition) is 1. The topological polar surface area (TPSA) is 43.8 Å². The number of phenols is 1. The smallest absolute Gasteiger partial charge is 0.225 e. The van der Waals surface area contributed by atoms with Crippen molar-refractivity contribution in [3.63, 3.8) is 0 Å². The highest BCUT2D eigenvalue weighted by molar-refractivity contribution is 5.87. The second-order valence-corrected chi connectivity index (χ2v) is 8.07. The number of hydrogen-bond acceptors (Lipinski definition) is 3. The van der Waals surface area contributed by atoms with E-state index in [-0.39, 0.29) is 5.92 Å². The first-order chi connectivity index (χ1) is 13.2. The predicted molar refractivity (Wildman–Crippen MR) is 109 cm³/mol. The van der Waals surface area contributed by atoms with E-state index in [1.54, 1.807) is 6.07 Å². The number of nitrogens with zero attached hydrogens (tertiary/aromatic N) is 2. The summed E-state index contributed by atoms with van der Waals surface area (Å²) < 4.78 is 0. The first kappa shape index (κ1) is 18.3. The summed E-state index contributed by atoms with van der Waals surface area (Å²) in [5.74, 6) is 0.932. The lowest BCUT2D eigenvalue weighted by atomic mass is 9.94. The number of phenolic OH excluding ortho intramolecular Hbond substituents is 1. The number of carbonyl (C=O) groups excluding carboxylic acids is 1. The molecule has 0 aromatic heterocycles. The van der Waals surface area contributed by atoms with Gasteiger partial charge in [-0.15, -0.1) is 0 Å². The van der Waals surface area contributed by atoms with Crippen LogP contribution in [-0.4, -0.2) is 47.0 Å². The summed E-state index contributed by atoms with van der Waals surface area (Å²) in [6, 6.07) is 12.0. The normalized spacial score (nSPS) is 19.9. The lowest BCUT2D eigenvalue weighted by molar-refractivity contribution is -0.137. The fraction of sp³-hybridized carbons (Fsp3) is 0.522. The first-order valence-corrected chi connectivity index (χ1v) is 10.4. The van der Waals surface area contributed by atoms with E-state index in [0.29, 0.717) is 11.7 Å². The Labute approximate surface area is 161 Å². The molecule has 4 rings (SSSR count). The number of fused-ring (bicyclic) bond motifs is 1. The summed E-state index contributed by atoms with van der Waals surface area (Å²) >= 11 is 0. The summed E-state index contributed by atoms with van der Waals surface area (Å²) in [4.78, 5) is 17.4. The monoisotopic (exact) mass is 366 g/mol. The molecule has 0 bridgehead atoms. The standard InChI is InChI=1S/C23H30N2O2/c26-22-10-9-18-7-3-4-8-20(18)21(22)17-24-15-11-19(12-16-24)23(27)25-13-5-1-2-6-14-25/h3-4,7-10,19,26H,1-2,5-6,11-17H2. The van der Waals surface area contributed by atoms with Crippen molar-refractivity contribution in [2.75, 3.05) is 26.2 Å². The predicted octanol–water partition coefficient (Wildman–Crippen LogP) is 4.16. The van der Waals surface area contributed by atoms with Crippen molar-refractivity contribution in [3.05, 3.63) is 42.0 Å². The Hall–Kier alpha value is -2.07. The van der Waals surface area contributed by atoms with Gasteiger partial charge in [0, 0.05) is 31.1 Å². The van der Waals surface area contributed by atoms with Crippen molar-refractivity contribution >= 4 is 16.7 Å². The van der Waals surface area contributed by atoms with Crippen LogP contribution in [0.2, 0.25) is 0 Å². The van der Waals surface area contributed by atoms with Crippen LogP contribution in [0.25, 0.3) is 10.8 Å². The van der Waals surface area contributed by atoms with Gasteiger partial charge in [-0.1, -0.05) is 43.2 Å². The van der Waals surface area contributed by atoms with Crippen LogP contribution in [0.3, 0.4) is 0 Å². The second-order valence-electron chi connectivity index (χ2n) is 8.07. The molecule has 2 fully saturated rings. The number of rotatable bonds is 3. The van der Waals surface area contributed by atoms with Gasteiger partial charge in [-0.3, -0.25) is 9.69 Å². The maximum atomic E-state index is 12.9. The van der Waals surface area contributed by atoms with Crippen molar-refractivity contribution in [1.82, 2.24) is 9.80 Å². The minimum Gasteiger partial charge on any atom is -0.508 e. The van der Waals surface area contributed by atoms with Gasteiger partial charge < -0.3 is 10.0 Å². The summed E-state index contributed by atoms with van der Waals surface area (Å²) in [7, 11) is 0. The molecule has 0 saturated carbocycles. The van der Waals surface area contributed by atoms with E-state index in [4.69, 9.17) is 0 Å². The molecule has 0 radical (unpaired) electrons. The fourth-order valence-corrected chi connectivity index (χ4v) is 4.60. The minimum absolute atomic E-state index is 0.181.